The van der Waals surface area contributed by atoms with E-state index in [1.54, 1.807) is 33.7 Å². The van der Waals surface area contributed by atoms with Crippen molar-refractivity contribution in [2.45, 2.75) is 81.8 Å². The first-order valence-electron chi connectivity index (χ1n) is 15.1. The maximum atomic E-state index is 14.8. The van der Waals surface area contributed by atoms with E-state index in [2.05, 4.69) is 20.1 Å². The minimum atomic E-state index is -0.689. The van der Waals surface area contributed by atoms with E-state index >= 15 is 0 Å². The predicted octanol–water partition coefficient (Wildman–Crippen LogP) is 5.22. The summed E-state index contributed by atoms with van der Waals surface area (Å²) < 4.78 is 5.02. The van der Waals surface area contributed by atoms with Gasteiger partial charge in [-0.3, -0.25) is 14.4 Å². The van der Waals surface area contributed by atoms with Gasteiger partial charge in [0.1, 0.15) is 6.04 Å². The lowest BCUT2D eigenvalue weighted by Crippen LogP contribution is -2.57. The van der Waals surface area contributed by atoms with E-state index in [1.165, 1.54) is 0 Å². The normalized spacial score (nSPS) is 28.0. The summed E-state index contributed by atoms with van der Waals surface area (Å²) in [7, 11) is 0. The number of hydrogen-bond acceptors (Lipinski definition) is 6. The molecule has 7 nitrogen and oxygen atoms in total. The average molecular weight is 583 g/mol. The summed E-state index contributed by atoms with van der Waals surface area (Å²) in [6, 6.07) is 5.39. The highest BCUT2D eigenvalue weighted by Crippen LogP contribution is 2.68. The van der Waals surface area contributed by atoms with Gasteiger partial charge in [-0.05, 0) is 69.1 Å². The standard InChI is InChI=1S/C33H46N2O5S/c1-6-8-13-19-40-32(39)27-26-21-24(5)33(41-26)28(27)30(37)35(17-11-9-10-12-18-36)29(33)31(38)34(16-7-2)25-20-22(3)14-15-23(25)4/h6-7,14-15,20,24,26-29,36H,1-2,8-13,16-19,21H2,3-5H3/t24?,26-,27+,28-,29?,33?/m0/s1. The van der Waals surface area contributed by atoms with Crippen LogP contribution in [0.15, 0.2) is 43.5 Å². The number of carbonyl (C=O) groups excluding carboxylic acids is 3. The largest absolute Gasteiger partial charge is 0.465 e. The number of rotatable bonds is 15. The molecule has 2 bridgehead atoms. The van der Waals surface area contributed by atoms with Crippen molar-refractivity contribution in [3.8, 4) is 0 Å². The molecule has 1 N–H and O–H groups in total. The minimum Gasteiger partial charge on any atom is -0.465 e. The van der Waals surface area contributed by atoms with E-state index < -0.39 is 22.6 Å². The van der Waals surface area contributed by atoms with Gasteiger partial charge < -0.3 is 19.6 Å². The van der Waals surface area contributed by atoms with Crippen LogP contribution >= 0.6 is 11.8 Å². The monoisotopic (exact) mass is 582 g/mol. The molecule has 0 saturated carbocycles. The molecule has 3 aliphatic rings. The summed E-state index contributed by atoms with van der Waals surface area (Å²) in [6.45, 7) is 15.0. The van der Waals surface area contributed by atoms with Crippen LogP contribution in [0, 0.1) is 31.6 Å². The molecule has 1 aromatic carbocycles. The van der Waals surface area contributed by atoms with E-state index in [9.17, 15) is 19.5 Å². The third kappa shape index (κ3) is 5.87. The van der Waals surface area contributed by atoms with Crippen LogP contribution in [0.5, 0.6) is 0 Å². The van der Waals surface area contributed by atoms with Crippen LogP contribution in [0.4, 0.5) is 5.69 Å². The van der Waals surface area contributed by atoms with Gasteiger partial charge in [-0.25, -0.2) is 0 Å². The fraction of sp³-hybridized carbons (Fsp3) is 0.606. The molecule has 0 aromatic heterocycles. The zero-order chi connectivity index (χ0) is 29.7. The molecule has 224 valence electrons. The first-order chi connectivity index (χ1) is 19.7. The van der Waals surface area contributed by atoms with Crippen LogP contribution in [0.1, 0.15) is 63.0 Å². The number of aryl methyl sites for hydroxylation is 2. The number of esters is 1. The van der Waals surface area contributed by atoms with Gasteiger partial charge in [0.25, 0.3) is 5.91 Å². The summed E-state index contributed by atoms with van der Waals surface area (Å²) in [6.07, 6.45) is 8.96. The van der Waals surface area contributed by atoms with Crippen molar-refractivity contribution in [1.82, 2.24) is 4.90 Å². The van der Waals surface area contributed by atoms with E-state index in [0.717, 1.165) is 55.3 Å². The molecule has 41 heavy (non-hydrogen) atoms. The highest BCUT2D eigenvalue weighted by Gasteiger charge is 2.76. The number of benzene rings is 1. The Morgan fingerprint density at radius 1 is 1.17 bits per heavy atom. The van der Waals surface area contributed by atoms with Gasteiger partial charge in [-0.15, -0.1) is 24.9 Å². The smallest absolute Gasteiger partial charge is 0.310 e. The van der Waals surface area contributed by atoms with E-state index in [4.69, 9.17) is 4.74 Å². The molecule has 0 radical (unpaired) electrons. The third-order valence-electron chi connectivity index (χ3n) is 9.09. The quantitative estimate of drug-likeness (QED) is 0.173. The molecule has 3 saturated heterocycles. The number of unbranched alkanes of at least 4 members (excludes halogenated alkanes) is 4. The van der Waals surface area contributed by atoms with Gasteiger partial charge in [-0.1, -0.05) is 44.1 Å². The molecule has 3 heterocycles. The Balaban J connectivity index is 1.72. The van der Waals surface area contributed by atoms with Crippen molar-refractivity contribution < 1.29 is 24.2 Å². The summed E-state index contributed by atoms with van der Waals surface area (Å²) >= 11 is 1.68. The Morgan fingerprint density at radius 3 is 2.63 bits per heavy atom. The topological polar surface area (TPSA) is 87.2 Å². The van der Waals surface area contributed by atoms with Crippen molar-refractivity contribution in [3.63, 3.8) is 0 Å². The molecule has 3 aliphatic heterocycles. The average Bonchev–Trinajstić information content (AvgIpc) is 3.54. The first kappa shape index (κ1) is 31.4. The first-order valence-corrected chi connectivity index (χ1v) is 16.0. The number of fused-ring (bicyclic) bond motifs is 1. The van der Waals surface area contributed by atoms with E-state index in [1.807, 2.05) is 32.0 Å². The number of thioether (sulfide) groups is 1. The Labute approximate surface area is 249 Å². The Kier molecular flexibility index (Phi) is 10.4. The van der Waals surface area contributed by atoms with Crippen LogP contribution in [-0.4, -0.2) is 70.1 Å². The van der Waals surface area contributed by atoms with Crippen LogP contribution in [0.2, 0.25) is 0 Å². The maximum Gasteiger partial charge on any atom is 0.310 e. The molecule has 1 spiro atoms. The molecular formula is C33H46N2O5S. The van der Waals surface area contributed by atoms with Gasteiger partial charge in [0.2, 0.25) is 5.91 Å². The molecule has 3 fully saturated rings. The van der Waals surface area contributed by atoms with Crippen LogP contribution in [-0.2, 0) is 19.1 Å². The van der Waals surface area contributed by atoms with E-state index in [0.29, 0.717) is 26.1 Å². The van der Waals surface area contributed by atoms with Gasteiger partial charge in [-0.2, -0.15) is 0 Å². The zero-order valence-corrected chi connectivity index (χ0v) is 25.7. The van der Waals surface area contributed by atoms with Crippen molar-refractivity contribution in [3.05, 3.63) is 54.6 Å². The number of anilines is 1. The molecule has 6 atom stereocenters. The molecule has 3 unspecified atom stereocenters. The third-order valence-corrected chi connectivity index (χ3v) is 11.2. The number of aliphatic hydroxyl groups excluding tert-OH is 1. The second-order valence-corrected chi connectivity index (χ2v) is 13.4. The van der Waals surface area contributed by atoms with Crippen LogP contribution in [0.3, 0.4) is 0 Å². The number of amides is 2. The Hall–Kier alpha value is -2.58. The fourth-order valence-corrected chi connectivity index (χ4v) is 9.55. The second kappa shape index (κ2) is 13.6. The van der Waals surface area contributed by atoms with Gasteiger partial charge in [0.05, 0.1) is 23.2 Å². The number of nitrogens with zero attached hydrogens (tertiary/aromatic N) is 2. The maximum absolute atomic E-state index is 14.8. The number of likely N-dealkylation sites (tertiary alicyclic amines) is 1. The summed E-state index contributed by atoms with van der Waals surface area (Å²) in [5, 5.41) is 9.16. The molecule has 8 heteroatoms. The number of ether oxygens (including phenoxy) is 1. The van der Waals surface area contributed by atoms with Crippen molar-refractivity contribution in [1.29, 1.82) is 0 Å². The SMILES string of the molecule is C=CCCCOC(=O)[C@@H]1[C@@H]2CC(C)C3(S2)C(C(=O)N(CC=C)c2cc(C)ccc2C)N(CCCCCCO)C(=O)[C@H]13. The van der Waals surface area contributed by atoms with Crippen molar-refractivity contribution in [2.24, 2.45) is 17.8 Å². The molecule has 1 aromatic rings. The predicted molar refractivity (Wildman–Crippen MR) is 165 cm³/mol. The zero-order valence-electron chi connectivity index (χ0n) is 24.8. The molecule has 2 amide bonds. The molecule has 0 aliphatic carbocycles. The summed E-state index contributed by atoms with van der Waals surface area (Å²) in [5.74, 6) is -1.55. The Bertz CT molecular complexity index is 1150. The number of carbonyl (C=O) groups is 3. The lowest BCUT2D eigenvalue weighted by molar-refractivity contribution is -0.154. The van der Waals surface area contributed by atoms with Crippen molar-refractivity contribution in [2.75, 3.05) is 31.2 Å². The van der Waals surface area contributed by atoms with Gasteiger partial charge in [0, 0.05) is 30.6 Å². The minimum absolute atomic E-state index is 0.0404. The molecular weight excluding hydrogens is 536 g/mol. The van der Waals surface area contributed by atoms with Crippen molar-refractivity contribution >= 4 is 35.2 Å². The second-order valence-electron chi connectivity index (χ2n) is 11.8. The highest BCUT2D eigenvalue weighted by molar-refractivity contribution is 8.02. The Morgan fingerprint density at radius 2 is 1.93 bits per heavy atom. The van der Waals surface area contributed by atoms with Crippen LogP contribution in [0.25, 0.3) is 0 Å². The van der Waals surface area contributed by atoms with E-state index in [-0.39, 0.29) is 35.6 Å². The summed E-state index contributed by atoms with van der Waals surface area (Å²) in [4.78, 5) is 46.2. The summed E-state index contributed by atoms with van der Waals surface area (Å²) in [5.41, 5.74) is 2.86. The number of allylic oxidation sites excluding steroid dienone is 1. The van der Waals surface area contributed by atoms with Crippen LogP contribution < -0.4 is 4.90 Å². The fourth-order valence-electron chi connectivity index (χ4n) is 7.15. The lowest BCUT2D eigenvalue weighted by atomic mass is 9.66. The van der Waals surface area contributed by atoms with Gasteiger partial charge in [0.15, 0.2) is 0 Å². The number of aliphatic hydroxyl groups is 1. The lowest BCUT2D eigenvalue weighted by Gasteiger charge is -2.40. The van der Waals surface area contributed by atoms with Gasteiger partial charge >= 0.3 is 5.97 Å². The molecule has 4 rings (SSSR count). The highest BCUT2D eigenvalue weighted by atomic mass is 32.2. The number of hydrogen-bond donors (Lipinski definition) is 1.